The average molecular weight is 347 g/mol. The molecule has 0 amide bonds. The van der Waals surface area contributed by atoms with E-state index < -0.39 is 0 Å². The number of rotatable bonds is 8. The lowest BCUT2D eigenvalue weighted by Gasteiger charge is -2.35. The topological polar surface area (TPSA) is 35.9 Å². The summed E-state index contributed by atoms with van der Waals surface area (Å²) >= 11 is 0. The summed E-state index contributed by atoms with van der Waals surface area (Å²) in [6.07, 6.45) is 5.28. The van der Waals surface area contributed by atoms with E-state index in [9.17, 15) is 5.11 Å². The molecular formula is C21H34N2O2. The van der Waals surface area contributed by atoms with Crippen molar-refractivity contribution in [2.45, 2.75) is 45.3 Å². The number of aryl methyl sites for hydroxylation is 1. The average Bonchev–Trinajstić information content (AvgIpc) is 3.12. The van der Waals surface area contributed by atoms with E-state index in [1.807, 2.05) is 0 Å². The fraction of sp³-hybridized carbons (Fsp3) is 0.714. The van der Waals surface area contributed by atoms with Crippen molar-refractivity contribution in [1.82, 2.24) is 9.80 Å². The van der Waals surface area contributed by atoms with E-state index in [-0.39, 0.29) is 6.61 Å². The summed E-state index contributed by atoms with van der Waals surface area (Å²) in [6, 6.07) is 8.73. The molecule has 1 aromatic rings. The van der Waals surface area contributed by atoms with Crippen LogP contribution >= 0.6 is 0 Å². The molecule has 0 aromatic heterocycles. The fourth-order valence-electron chi connectivity index (χ4n) is 4.20. The quantitative estimate of drug-likeness (QED) is 0.785. The third-order valence-electron chi connectivity index (χ3n) is 5.78. The van der Waals surface area contributed by atoms with Crippen LogP contribution < -0.4 is 0 Å². The molecule has 3 rings (SSSR count). The molecule has 2 saturated heterocycles. The third kappa shape index (κ3) is 5.78. The monoisotopic (exact) mass is 346 g/mol. The Balaban J connectivity index is 1.43. The SMILES string of the molecule is Cc1ccccc1CN1CCC(CN(CCO)CC2CCCO2)CC1. The number of nitrogens with zero attached hydrogens (tertiary/aromatic N) is 2. The summed E-state index contributed by atoms with van der Waals surface area (Å²) in [4.78, 5) is 5.02. The van der Waals surface area contributed by atoms with Crippen LogP contribution in [-0.4, -0.2) is 66.9 Å². The number of aliphatic hydroxyl groups excluding tert-OH is 1. The lowest BCUT2D eigenvalue weighted by molar-refractivity contribution is 0.0531. The van der Waals surface area contributed by atoms with E-state index in [4.69, 9.17) is 4.74 Å². The van der Waals surface area contributed by atoms with Crippen molar-refractivity contribution in [2.75, 3.05) is 45.9 Å². The summed E-state index contributed by atoms with van der Waals surface area (Å²) in [5.41, 5.74) is 2.86. The molecule has 1 N–H and O–H groups in total. The molecule has 1 unspecified atom stereocenters. The van der Waals surface area contributed by atoms with Gasteiger partial charge in [0.1, 0.15) is 0 Å². The molecule has 0 spiro atoms. The Hall–Kier alpha value is -0.940. The molecule has 4 nitrogen and oxygen atoms in total. The van der Waals surface area contributed by atoms with Gasteiger partial charge in [-0.3, -0.25) is 9.80 Å². The smallest absolute Gasteiger partial charge is 0.0702 e. The predicted molar refractivity (Wildman–Crippen MR) is 102 cm³/mol. The van der Waals surface area contributed by atoms with E-state index in [0.29, 0.717) is 6.10 Å². The van der Waals surface area contributed by atoms with E-state index >= 15 is 0 Å². The molecule has 0 bridgehead atoms. The number of aliphatic hydroxyl groups is 1. The molecule has 1 aromatic carbocycles. The zero-order valence-corrected chi connectivity index (χ0v) is 15.7. The Bertz CT molecular complexity index is 508. The molecule has 0 radical (unpaired) electrons. The van der Waals surface area contributed by atoms with Crippen molar-refractivity contribution in [3.05, 3.63) is 35.4 Å². The number of ether oxygens (including phenoxy) is 1. The molecule has 1 atom stereocenters. The highest BCUT2D eigenvalue weighted by Crippen LogP contribution is 2.22. The largest absolute Gasteiger partial charge is 0.395 e. The van der Waals surface area contributed by atoms with Crippen LogP contribution in [0.4, 0.5) is 0 Å². The van der Waals surface area contributed by atoms with Gasteiger partial charge in [-0.15, -0.1) is 0 Å². The predicted octanol–water partition coefficient (Wildman–Crippen LogP) is 2.68. The molecule has 140 valence electrons. The fourth-order valence-corrected chi connectivity index (χ4v) is 4.20. The molecule has 0 saturated carbocycles. The number of piperidine rings is 1. The van der Waals surface area contributed by atoms with Crippen LogP contribution in [0.15, 0.2) is 24.3 Å². The van der Waals surface area contributed by atoms with E-state index in [1.54, 1.807) is 0 Å². The highest BCUT2D eigenvalue weighted by molar-refractivity contribution is 5.25. The Morgan fingerprint density at radius 1 is 1.16 bits per heavy atom. The molecule has 4 heteroatoms. The number of benzene rings is 1. The van der Waals surface area contributed by atoms with Crippen LogP contribution in [0.25, 0.3) is 0 Å². The first kappa shape index (κ1) is 18.8. The van der Waals surface area contributed by atoms with Crippen LogP contribution in [-0.2, 0) is 11.3 Å². The van der Waals surface area contributed by atoms with Gasteiger partial charge >= 0.3 is 0 Å². The number of hydrogen-bond acceptors (Lipinski definition) is 4. The van der Waals surface area contributed by atoms with Crippen molar-refractivity contribution in [3.8, 4) is 0 Å². The summed E-state index contributed by atoms with van der Waals surface area (Å²) in [7, 11) is 0. The van der Waals surface area contributed by atoms with Gasteiger partial charge in [0.2, 0.25) is 0 Å². The Morgan fingerprint density at radius 2 is 1.96 bits per heavy atom. The highest BCUT2D eigenvalue weighted by Gasteiger charge is 2.24. The van der Waals surface area contributed by atoms with Gasteiger partial charge in [-0.1, -0.05) is 24.3 Å². The summed E-state index contributed by atoms with van der Waals surface area (Å²) < 4.78 is 5.78. The maximum absolute atomic E-state index is 9.38. The maximum atomic E-state index is 9.38. The van der Waals surface area contributed by atoms with Crippen molar-refractivity contribution in [3.63, 3.8) is 0 Å². The summed E-state index contributed by atoms with van der Waals surface area (Å²) in [5, 5.41) is 9.38. The van der Waals surface area contributed by atoms with E-state index in [1.165, 1.54) is 49.9 Å². The van der Waals surface area contributed by atoms with Crippen LogP contribution in [0.2, 0.25) is 0 Å². The lowest BCUT2D eigenvalue weighted by atomic mass is 9.95. The number of hydrogen-bond donors (Lipinski definition) is 1. The number of likely N-dealkylation sites (tertiary alicyclic amines) is 1. The second kappa shape index (κ2) is 9.67. The summed E-state index contributed by atoms with van der Waals surface area (Å²) in [6.45, 7) is 9.70. The second-order valence-electron chi connectivity index (χ2n) is 7.76. The summed E-state index contributed by atoms with van der Waals surface area (Å²) in [5.74, 6) is 0.751. The van der Waals surface area contributed by atoms with Crippen LogP contribution in [0, 0.1) is 12.8 Å². The molecule has 0 aliphatic carbocycles. The molecule has 2 aliphatic heterocycles. The van der Waals surface area contributed by atoms with Crippen LogP contribution in [0.3, 0.4) is 0 Å². The molecule has 25 heavy (non-hydrogen) atoms. The Labute approximate surface area is 152 Å². The van der Waals surface area contributed by atoms with Gasteiger partial charge in [0.25, 0.3) is 0 Å². The molecule has 2 heterocycles. The van der Waals surface area contributed by atoms with E-state index in [2.05, 4.69) is 41.0 Å². The van der Waals surface area contributed by atoms with Gasteiger partial charge in [-0.05, 0) is 62.7 Å². The van der Waals surface area contributed by atoms with Crippen molar-refractivity contribution in [1.29, 1.82) is 0 Å². The van der Waals surface area contributed by atoms with Gasteiger partial charge in [0.05, 0.1) is 12.7 Å². The standard InChI is InChI=1S/C21H34N2O2/c1-18-5-2-3-6-20(18)16-22-10-8-19(9-11-22)15-23(12-13-24)17-21-7-4-14-25-21/h2-3,5-6,19,21,24H,4,7-17H2,1H3. The van der Waals surface area contributed by atoms with Crippen molar-refractivity contribution < 1.29 is 9.84 Å². The van der Waals surface area contributed by atoms with Gasteiger partial charge in [-0.25, -0.2) is 0 Å². The molecule has 2 fully saturated rings. The van der Waals surface area contributed by atoms with E-state index in [0.717, 1.165) is 38.7 Å². The first-order valence-electron chi connectivity index (χ1n) is 9.96. The Morgan fingerprint density at radius 3 is 2.64 bits per heavy atom. The molecular weight excluding hydrogens is 312 g/mol. The van der Waals surface area contributed by atoms with Crippen molar-refractivity contribution in [2.24, 2.45) is 5.92 Å². The Kier molecular flexibility index (Phi) is 7.29. The first-order chi connectivity index (χ1) is 12.2. The zero-order valence-electron chi connectivity index (χ0n) is 15.7. The minimum Gasteiger partial charge on any atom is -0.395 e. The van der Waals surface area contributed by atoms with Gasteiger partial charge in [0.15, 0.2) is 0 Å². The maximum Gasteiger partial charge on any atom is 0.0702 e. The van der Waals surface area contributed by atoms with Crippen molar-refractivity contribution >= 4 is 0 Å². The minimum absolute atomic E-state index is 0.249. The zero-order chi connectivity index (χ0) is 17.5. The van der Waals surface area contributed by atoms with Crippen LogP contribution in [0.1, 0.15) is 36.8 Å². The third-order valence-corrected chi connectivity index (χ3v) is 5.78. The molecule has 2 aliphatic rings. The van der Waals surface area contributed by atoms with Gasteiger partial charge < -0.3 is 9.84 Å². The second-order valence-corrected chi connectivity index (χ2v) is 7.76. The lowest BCUT2D eigenvalue weighted by Crippen LogP contribution is -2.41. The minimum atomic E-state index is 0.249. The van der Waals surface area contributed by atoms with Gasteiger partial charge in [-0.2, -0.15) is 0 Å². The normalized spacial score (nSPS) is 22.8. The van der Waals surface area contributed by atoms with Gasteiger partial charge in [0, 0.05) is 32.8 Å². The van der Waals surface area contributed by atoms with Crippen LogP contribution in [0.5, 0.6) is 0 Å². The first-order valence-corrected chi connectivity index (χ1v) is 9.96. The highest BCUT2D eigenvalue weighted by atomic mass is 16.5.